The molecule has 0 saturated carbocycles. The maximum absolute atomic E-state index is 12.2. The zero-order valence-corrected chi connectivity index (χ0v) is 13.1. The van der Waals surface area contributed by atoms with Gasteiger partial charge in [0.25, 0.3) is 5.91 Å². The lowest BCUT2D eigenvalue weighted by Gasteiger charge is -2.03. The second kappa shape index (κ2) is 5.69. The van der Waals surface area contributed by atoms with Crippen molar-refractivity contribution in [3.05, 3.63) is 33.3 Å². The van der Waals surface area contributed by atoms with E-state index in [1.807, 2.05) is 13.8 Å². The van der Waals surface area contributed by atoms with Crippen molar-refractivity contribution in [1.29, 1.82) is 0 Å². The highest BCUT2D eigenvalue weighted by Gasteiger charge is 2.24. The second-order valence-corrected chi connectivity index (χ2v) is 5.83. The Balaban J connectivity index is 2.38. The number of carbonyl (C=O) groups is 2. The third-order valence-electron chi connectivity index (χ3n) is 3.11. The molecule has 2 N–H and O–H groups in total. The van der Waals surface area contributed by atoms with E-state index in [0.717, 1.165) is 10.4 Å². The molecule has 6 nitrogen and oxygen atoms in total. The molecule has 0 saturated heterocycles. The Kier molecular flexibility index (Phi) is 4.13. The Bertz CT molecular complexity index is 715. The predicted octanol–water partition coefficient (Wildman–Crippen LogP) is 3.17. The van der Waals surface area contributed by atoms with Crippen molar-refractivity contribution in [2.75, 3.05) is 5.32 Å². The number of hydrogen-bond acceptors (Lipinski definition) is 5. The Hall–Kier alpha value is -2.15. The van der Waals surface area contributed by atoms with Gasteiger partial charge in [0, 0.05) is 11.8 Å². The fourth-order valence-corrected chi connectivity index (χ4v) is 3.35. The molecule has 0 radical (unpaired) electrons. The number of nitrogens with zero attached hydrogens (tertiary/aromatic N) is 1. The average Bonchev–Trinajstić information content (AvgIpc) is 2.88. The summed E-state index contributed by atoms with van der Waals surface area (Å²) in [7, 11) is 0. The predicted molar refractivity (Wildman–Crippen MR) is 79.3 cm³/mol. The number of carbonyl (C=O) groups excluding carboxylic acids is 1. The van der Waals surface area contributed by atoms with Gasteiger partial charge < -0.3 is 14.8 Å². The second-order valence-electron chi connectivity index (χ2n) is 4.60. The molecule has 0 aromatic carbocycles. The molecule has 2 aromatic heterocycles. The first-order chi connectivity index (χ1) is 9.85. The fourth-order valence-electron chi connectivity index (χ4n) is 2.22. The molecule has 0 spiro atoms. The Morgan fingerprint density at radius 3 is 2.48 bits per heavy atom. The lowest BCUT2D eigenvalue weighted by molar-refractivity contribution is 0.0697. The summed E-state index contributed by atoms with van der Waals surface area (Å²) >= 11 is 1.25. The number of anilines is 1. The van der Waals surface area contributed by atoms with Gasteiger partial charge in [-0.1, -0.05) is 6.92 Å². The molecule has 0 aliphatic carbocycles. The van der Waals surface area contributed by atoms with E-state index in [4.69, 9.17) is 4.42 Å². The third kappa shape index (κ3) is 2.82. The SMILES string of the molecule is CCc1c(C)sc(NC(=O)c2oc(C)nc2C)c1C(=O)O. The first kappa shape index (κ1) is 15.2. The van der Waals surface area contributed by atoms with E-state index in [2.05, 4.69) is 10.3 Å². The summed E-state index contributed by atoms with van der Waals surface area (Å²) in [5.74, 6) is -1.03. The van der Waals surface area contributed by atoms with Gasteiger partial charge in [0.1, 0.15) is 5.00 Å². The van der Waals surface area contributed by atoms with Crippen LogP contribution in [0.3, 0.4) is 0 Å². The van der Waals surface area contributed by atoms with Gasteiger partial charge in [0.05, 0.1) is 11.3 Å². The Morgan fingerprint density at radius 2 is 2.00 bits per heavy atom. The quantitative estimate of drug-likeness (QED) is 0.905. The summed E-state index contributed by atoms with van der Waals surface area (Å²) in [6, 6.07) is 0. The van der Waals surface area contributed by atoms with Crippen LogP contribution in [0.15, 0.2) is 4.42 Å². The van der Waals surface area contributed by atoms with Gasteiger partial charge in [-0.25, -0.2) is 9.78 Å². The average molecular weight is 308 g/mol. The zero-order valence-electron chi connectivity index (χ0n) is 12.2. The minimum absolute atomic E-state index is 0.105. The van der Waals surface area contributed by atoms with Crippen molar-refractivity contribution < 1.29 is 19.1 Å². The summed E-state index contributed by atoms with van der Waals surface area (Å²) in [5, 5.41) is 12.3. The van der Waals surface area contributed by atoms with Crippen LogP contribution >= 0.6 is 11.3 Å². The molecule has 2 aromatic rings. The van der Waals surface area contributed by atoms with E-state index in [1.165, 1.54) is 11.3 Å². The molecule has 1 amide bonds. The van der Waals surface area contributed by atoms with E-state index in [9.17, 15) is 14.7 Å². The zero-order chi connectivity index (χ0) is 15.7. The molecule has 0 aliphatic heterocycles. The topological polar surface area (TPSA) is 92.4 Å². The molecular formula is C14H16N2O4S. The summed E-state index contributed by atoms with van der Waals surface area (Å²) in [4.78, 5) is 28.5. The number of amides is 1. The number of hydrogen-bond donors (Lipinski definition) is 2. The summed E-state index contributed by atoms with van der Waals surface area (Å²) < 4.78 is 5.25. The first-order valence-electron chi connectivity index (χ1n) is 6.46. The third-order valence-corrected chi connectivity index (χ3v) is 4.18. The van der Waals surface area contributed by atoms with Crippen LogP contribution in [0.4, 0.5) is 5.00 Å². The van der Waals surface area contributed by atoms with Gasteiger partial charge in [0.2, 0.25) is 5.76 Å². The van der Waals surface area contributed by atoms with Crippen molar-refractivity contribution in [1.82, 2.24) is 4.98 Å². The standard InChI is InChI=1S/C14H16N2O4S/c1-5-9-7(3)21-13(10(9)14(18)19)16-12(17)11-6(2)15-8(4)20-11/h5H2,1-4H3,(H,16,17)(H,18,19). The number of rotatable bonds is 4. The van der Waals surface area contributed by atoms with Crippen LogP contribution in [0.5, 0.6) is 0 Å². The smallest absolute Gasteiger partial charge is 0.339 e. The van der Waals surface area contributed by atoms with Crippen molar-refractivity contribution in [2.24, 2.45) is 0 Å². The van der Waals surface area contributed by atoms with Gasteiger partial charge in [-0.05, 0) is 25.8 Å². The van der Waals surface area contributed by atoms with Gasteiger partial charge in [-0.15, -0.1) is 11.3 Å². The summed E-state index contributed by atoms with van der Waals surface area (Å²) in [6.45, 7) is 7.05. The normalized spacial score (nSPS) is 10.7. The summed E-state index contributed by atoms with van der Waals surface area (Å²) in [5.41, 5.74) is 1.38. The van der Waals surface area contributed by atoms with Gasteiger partial charge in [-0.2, -0.15) is 0 Å². The van der Waals surface area contributed by atoms with E-state index in [0.29, 0.717) is 23.0 Å². The lowest BCUT2D eigenvalue weighted by Crippen LogP contribution is -2.14. The maximum Gasteiger partial charge on any atom is 0.339 e. The molecule has 0 aliphatic rings. The van der Waals surface area contributed by atoms with Crippen molar-refractivity contribution >= 4 is 28.2 Å². The molecule has 2 rings (SSSR count). The number of oxazole rings is 1. The van der Waals surface area contributed by atoms with E-state index in [-0.39, 0.29) is 11.3 Å². The molecular weight excluding hydrogens is 292 g/mol. The van der Waals surface area contributed by atoms with Gasteiger partial charge >= 0.3 is 5.97 Å². The number of aromatic carboxylic acids is 1. The maximum atomic E-state index is 12.2. The van der Waals surface area contributed by atoms with Gasteiger partial charge in [-0.3, -0.25) is 4.79 Å². The van der Waals surface area contributed by atoms with Crippen LogP contribution in [0.25, 0.3) is 0 Å². The molecule has 7 heteroatoms. The Labute approximate surface area is 125 Å². The number of aromatic nitrogens is 1. The van der Waals surface area contributed by atoms with Crippen LogP contribution in [0.1, 0.15) is 49.9 Å². The lowest BCUT2D eigenvalue weighted by atomic mass is 10.1. The Morgan fingerprint density at radius 1 is 1.33 bits per heavy atom. The van der Waals surface area contributed by atoms with Crippen LogP contribution in [0, 0.1) is 20.8 Å². The molecule has 0 unspecified atom stereocenters. The number of nitrogens with one attached hydrogen (secondary N) is 1. The highest BCUT2D eigenvalue weighted by molar-refractivity contribution is 7.16. The monoisotopic (exact) mass is 308 g/mol. The van der Waals surface area contributed by atoms with Crippen molar-refractivity contribution in [3.8, 4) is 0 Å². The highest BCUT2D eigenvalue weighted by atomic mass is 32.1. The van der Waals surface area contributed by atoms with Gasteiger partial charge in [0.15, 0.2) is 5.89 Å². The molecule has 0 atom stereocenters. The molecule has 0 fully saturated rings. The molecule has 21 heavy (non-hydrogen) atoms. The van der Waals surface area contributed by atoms with E-state index < -0.39 is 11.9 Å². The molecule has 0 bridgehead atoms. The van der Waals surface area contributed by atoms with Crippen molar-refractivity contribution in [3.63, 3.8) is 0 Å². The minimum Gasteiger partial charge on any atom is -0.478 e. The largest absolute Gasteiger partial charge is 0.478 e. The minimum atomic E-state index is -1.04. The van der Waals surface area contributed by atoms with E-state index in [1.54, 1.807) is 13.8 Å². The number of carboxylic acids is 1. The number of aryl methyl sites for hydroxylation is 3. The van der Waals surface area contributed by atoms with Crippen LogP contribution < -0.4 is 5.32 Å². The number of carboxylic acid groups (broad SMARTS) is 1. The van der Waals surface area contributed by atoms with Crippen LogP contribution in [-0.4, -0.2) is 22.0 Å². The summed E-state index contributed by atoms with van der Waals surface area (Å²) in [6.07, 6.45) is 0.598. The van der Waals surface area contributed by atoms with Crippen LogP contribution in [0.2, 0.25) is 0 Å². The van der Waals surface area contributed by atoms with Crippen molar-refractivity contribution in [2.45, 2.75) is 34.1 Å². The van der Waals surface area contributed by atoms with Crippen LogP contribution in [-0.2, 0) is 6.42 Å². The number of thiophene rings is 1. The first-order valence-corrected chi connectivity index (χ1v) is 7.27. The highest BCUT2D eigenvalue weighted by Crippen LogP contribution is 2.33. The molecule has 112 valence electrons. The molecule has 2 heterocycles. The van der Waals surface area contributed by atoms with E-state index >= 15 is 0 Å². The fraction of sp³-hybridized carbons (Fsp3) is 0.357.